The lowest BCUT2D eigenvalue weighted by atomic mass is 9.94. The van der Waals surface area contributed by atoms with Crippen LogP contribution >= 0.6 is 0 Å². The van der Waals surface area contributed by atoms with Gasteiger partial charge in [-0.15, -0.1) is 0 Å². The molecular weight excluding hydrogens is 210 g/mol. The largest absolute Gasteiger partial charge is 0.378 e. The number of rotatable bonds is 2. The molecule has 0 radical (unpaired) electrons. The van der Waals surface area contributed by atoms with Gasteiger partial charge in [-0.3, -0.25) is 0 Å². The predicted molar refractivity (Wildman–Crippen MR) is 69.1 cm³/mol. The van der Waals surface area contributed by atoms with Crippen molar-refractivity contribution in [3.05, 3.63) is 35.9 Å². The summed E-state index contributed by atoms with van der Waals surface area (Å²) in [6.07, 6.45) is 6.38. The Bertz CT molecular complexity index is 356. The van der Waals surface area contributed by atoms with E-state index >= 15 is 0 Å². The van der Waals surface area contributed by atoms with Crippen LogP contribution in [-0.4, -0.2) is 24.8 Å². The Morgan fingerprint density at radius 3 is 2.71 bits per heavy atom. The van der Waals surface area contributed by atoms with Gasteiger partial charge in [-0.2, -0.15) is 0 Å². The zero-order chi connectivity index (χ0) is 11.6. The van der Waals surface area contributed by atoms with Crippen LogP contribution in [0, 0.1) is 0 Å². The van der Waals surface area contributed by atoms with Crippen LogP contribution in [0.2, 0.25) is 0 Å². The second-order valence-electron chi connectivity index (χ2n) is 5.53. The monoisotopic (exact) mass is 231 g/mol. The first-order chi connectivity index (χ1) is 8.36. The van der Waals surface area contributed by atoms with E-state index in [1.807, 2.05) is 0 Å². The zero-order valence-corrected chi connectivity index (χ0v) is 10.3. The molecule has 2 heteroatoms. The Morgan fingerprint density at radius 1 is 1.18 bits per heavy atom. The topological polar surface area (TPSA) is 21.3 Å². The van der Waals surface area contributed by atoms with Gasteiger partial charge in [0.1, 0.15) is 0 Å². The standard InChI is InChI=1S/C15H21NO/c1-2-6-13(7-3-1)10-14-11-17-12-15(16-14)8-4-5-9-15/h1-3,6-7,14,16H,4-5,8-12H2. The molecule has 0 bridgehead atoms. The van der Waals surface area contributed by atoms with Gasteiger partial charge in [-0.25, -0.2) is 0 Å². The maximum absolute atomic E-state index is 5.83. The Morgan fingerprint density at radius 2 is 1.94 bits per heavy atom. The van der Waals surface area contributed by atoms with Crippen LogP contribution in [0.4, 0.5) is 0 Å². The third-order valence-corrected chi connectivity index (χ3v) is 4.09. The molecule has 0 aromatic heterocycles. The molecule has 92 valence electrons. The lowest BCUT2D eigenvalue weighted by Crippen LogP contribution is -2.58. The molecule has 1 saturated carbocycles. The Hall–Kier alpha value is -0.860. The average molecular weight is 231 g/mol. The van der Waals surface area contributed by atoms with Crippen molar-refractivity contribution in [2.75, 3.05) is 13.2 Å². The lowest BCUT2D eigenvalue weighted by molar-refractivity contribution is 0.00113. The average Bonchev–Trinajstić information content (AvgIpc) is 2.79. The zero-order valence-electron chi connectivity index (χ0n) is 10.3. The van der Waals surface area contributed by atoms with Gasteiger partial charge in [0.2, 0.25) is 0 Å². The molecule has 1 spiro atoms. The Labute approximate surface area is 103 Å². The summed E-state index contributed by atoms with van der Waals surface area (Å²) in [6.45, 7) is 1.77. The number of benzene rings is 1. The minimum absolute atomic E-state index is 0.303. The fourth-order valence-electron chi connectivity index (χ4n) is 3.26. The van der Waals surface area contributed by atoms with Gasteiger partial charge in [0, 0.05) is 11.6 Å². The van der Waals surface area contributed by atoms with Gasteiger partial charge in [0.15, 0.2) is 0 Å². The molecule has 1 heterocycles. The molecule has 17 heavy (non-hydrogen) atoms. The minimum Gasteiger partial charge on any atom is -0.378 e. The van der Waals surface area contributed by atoms with Crippen molar-refractivity contribution in [2.45, 2.75) is 43.7 Å². The smallest absolute Gasteiger partial charge is 0.0649 e. The summed E-state index contributed by atoms with van der Waals surface area (Å²) in [5, 5.41) is 3.85. The van der Waals surface area contributed by atoms with E-state index in [0.29, 0.717) is 11.6 Å². The first-order valence-electron chi connectivity index (χ1n) is 6.76. The highest BCUT2D eigenvalue weighted by atomic mass is 16.5. The SMILES string of the molecule is c1ccc(CC2COCC3(CCCC3)N2)cc1. The molecule has 2 aliphatic rings. The van der Waals surface area contributed by atoms with E-state index < -0.39 is 0 Å². The number of hydrogen-bond acceptors (Lipinski definition) is 2. The van der Waals surface area contributed by atoms with Crippen molar-refractivity contribution in [2.24, 2.45) is 0 Å². The quantitative estimate of drug-likeness (QED) is 0.844. The summed E-state index contributed by atoms with van der Waals surface area (Å²) in [5.41, 5.74) is 1.71. The predicted octanol–water partition coefficient (Wildman–Crippen LogP) is 2.53. The molecule has 3 rings (SSSR count). The molecule has 1 aliphatic carbocycles. The van der Waals surface area contributed by atoms with Crippen LogP contribution in [0.5, 0.6) is 0 Å². The second kappa shape index (κ2) is 4.79. The normalized spacial score (nSPS) is 27.4. The van der Waals surface area contributed by atoms with E-state index in [4.69, 9.17) is 4.74 Å². The van der Waals surface area contributed by atoms with Crippen molar-refractivity contribution in [1.82, 2.24) is 5.32 Å². The third kappa shape index (κ3) is 2.53. The van der Waals surface area contributed by atoms with Crippen molar-refractivity contribution < 1.29 is 4.74 Å². The number of nitrogens with one attached hydrogen (secondary N) is 1. The van der Waals surface area contributed by atoms with Gasteiger partial charge < -0.3 is 10.1 Å². The van der Waals surface area contributed by atoms with Gasteiger partial charge in [0.05, 0.1) is 13.2 Å². The third-order valence-electron chi connectivity index (χ3n) is 4.09. The van der Waals surface area contributed by atoms with Crippen molar-refractivity contribution in [3.8, 4) is 0 Å². The first kappa shape index (κ1) is 11.2. The highest BCUT2D eigenvalue weighted by Crippen LogP contribution is 2.32. The van der Waals surface area contributed by atoms with E-state index in [0.717, 1.165) is 19.6 Å². The van der Waals surface area contributed by atoms with Crippen molar-refractivity contribution in [1.29, 1.82) is 0 Å². The van der Waals surface area contributed by atoms with E-state index in [2.05, 4.69) is 35.6 Å². The number of hydrogen-bond donors (Lipinski definition) is 1. The summed E-state index contributed by atoms with van der Waals surface area (Å²) < 4.78 is 5.83. The second-order valence-corrected chi connectivity index (χ2v) is 5.53. The molecular formula is C15H21NO. The first-order valence-corrected chi connectivity index (χ1v) is 6.76. The molecule has 0 amide bonds. The summed E-state index contributed by atoms with van der Waals surface area (Å²) >= 11 is 0. The van der Waals surface area contributed by atoms with Gasteiger partial charge in [0.25, 0.3) is 0 Å². The molecule has 2 fully saturated rings. The van der Waals surface area contributed by atoms with Crippen molar-refractivity contribution >= 4 is 0 Å². The Kier molecular flexibility index (Phi) is 3.17. The van der Waals surface area contributed by atoms with E-state index in [1.54, 1.807) is 0 Å². The molecule has 1 atom stereocenters. The molecule has 1 aromatic rings. The highest BCUT2D eigenvalue weighted by Gasteiger charge is 2.38. The molecule has 1 aliphatic heterocycles. The van der Waals surface area contributed by atoms with Gasteiger partial charge >= 0.3 is 0 Å². The maximum atomic E-state index is 5.83. The van der Waals surface area contributed by atoms with Crippen LogP contribution in [0.25, 0.3) is 0 Å². The van der Waals surface area contributed by atoms with Gasteiger partial charge in [-0.1, -0.05) is 43.2 Å². The van der Waals surface area contributed by atoms with Gasteiger partial charge in [-0.05, 0) is 24.8 Å². The number of morpholine rings is 1. The molecule has 1 unspecified atom stereocenters. The molecule has 1 N–H and O–H groups in total. The highest BCUT2D eigenvalue weighted by molar-refractivity contribution is 5.16. The minimum atomic E-state index is 0.303. The molecule has 1 saturated heterocycles. The van der Waals surface area contributed by atoms with Crippen LogP contribution < -0.4 is 5.32 Å². The van der Waals surface area contributed by atoms with Crippen LogP contribution in [-0.2, 0) is 11.2 Å². The lowest BCUT2D eigenvalue weighted by Gasteiger charge is -2.39. The molecule has 2 nitrogen and oxygen atoms in total. The van der Waals surface area contributed by atoms with E-state index in [-0.39, 0.29) is 0 Å². The van der Waals surface area contributed by atoms with E-state index in [9.17, 15) is 0 Å². The fourth-order valence-corrected chi connectivity index (χ4v) is 3.26. The summed E-state index contributed by atoms with van der Waals surface area (Å²) in [7, 11) is 0. The van der Waals surface area contributed by atoms with E-state index in [1.165, 1.54) is 31.2 Å². The number of ether oxygens (including phenoxy) is 1. The molecule has 1 aromatic carbocycles. The summed E-state index contributed by atoms with van der Waals surface area (Å²) in [5.74, 6) is 0. The fraction of sp³-hybridized carbons (Fsp3) is 0.600. The summed E-state index contributed by atoms with van der Waals surface area (Å²) in [4.78, 5) is 0. The Balaban J connectivity index is 1.64. The van der Waals surface area contributed by atoms with Crippen LogP contribution in [0.3, 0.4) is 0 Å². The summed E-state index contributed by atoms with van der Waals surface area (Å²) in [6, 6.07) is 11.2. The van der Waals surface area contributed by atoms with Crippen LogP contribution in [0.1, 0.15) is 31.2 Å². The van der Waals surface area contributed by atoms with Crippen LogP contribution in [0.15, 0.2) is 30.3 Å². The van der Waals surface area contributed by atoms with Crippen molar-refractivity contribution in [3.63, 3.8) is 0 Å². The maximum Gasteiger partial charge on any atom is 0.0649 e.